The lowest BCUT2D eigenvalue weighted by molar-refractivity contribution is -0.140. The number of amides is 1. The Balaban J connectivity index is 2.53. The highest BCUT2D eigenvalue weighted by atomic mass is 16.4. The lowest BCUT2D eigenvalue weighted by Crippen LogP contribution is -2.41. The average molecular weight is 242 g/mol. The molecule has 1 amide bonds. The Morgan fingerprint density at radius 1 is 1.35 bits per heavy atom. The van der Waals surface area contributed by atoms with Crippen molar-refractivity contribution in [3.63, 3.8) is 0 Å². The Bertz CT molecular complexity index is 326. The van der Waals surface area contributed by atoms with Crippen molar-refractivity contribution in [2.75, 3.05) is 20.6 Å². The zero-order valence-electron chi connectivity index (χ0n) is 11.2. The molecule has 3 atom stereocenters. The summed E-state index contributed by atoms with van der Waals surface area (Å²) in [5.74, 6) is -1.97. The molecule has 98 valence electrons. The number of hydrogen-bond donors (Lipinski definition) is 2. The van der Waals surface area contributed by atoms with Crippen LogP contribution in [0, 0.1) is 17.3 Å². The van der Waals surface area contributed by atoms with Crippen molar-refractivity contribution in [3.8, 4) is 0 Å². The van der Waals surface area contributed by atoms with Gasteiger partial charge in [0.1, 0.15) is 0 Å². The minimum atomic E-state index is -0.879. The predicted molar refractivity (Wildman–Crippen MR) is 64.6 cm³/mol. The van der Waals surface area contributed by atoms with Gasteiger partial charge in [0.15, 0.2) is 0 Å². The Morgan fingerprint density at radius 3 is 2.24 bits per heavy atom. The topological polar surface area (TPSA) is 69.6 Å². The normalized spacial score (nSPS) is 27.6. The van der Waals surface area contributed by atoms with Gasteiger partial charge < -0.3 is 15.3 Å². The van der Waals surface area contributed by atoms with Crippen LogP contribution in [-0.2, 0) is 9.59 Å². The molecular formula is C12H22N2O3. The molecule has 0 aliphatic heterocycles. The zero-order valence-corrected chi connectivity index (χ0v) is 11.2. The van der Waals surface area contributed by atoms with Gasteiger partial charge in [0.25, 0.3) is 0 Å². The number of rotatable bonds is 5. The minimum absolute atomic E-state index is 0.0309. The van der Waals surface area contributed by atoms with E-state index in [0.717, 1.165) is 6.54 Å². The standard InChI is InChI=1S/C12H22N2O3/c1-7(6-14(4)5)13-10(15)8-9(11(16)17)12(8,2)3/h7-9H,6H2,1-5H3,(H,13,15)(H,16,17). The maximum absolute atomic E-state index is 11.9. The molecule has 2 N–H and O–H groups in total. The van der Waals surface area contributed by atoms with Gasteiger partial charge in [0.05, 0.1) is 11.8 Å². The first kappa shape index (κ1) is 14.0. The van der Waals surface area contributed by atoms with Crippen LogP contribution < -0.4 is 5.32 Å². The van der Waals surface area contributed by atoms with Crippen LogP contribution >= 0.6 is 0 Å². The molecule has 17 heavy (non-hydrogen) atoms. The monoisotopic (exact) mass is 242 g/mol. The van der Waals surface area contributed by atoms with E-state index in [2.05, 4.69) is 5.32 Å². The van der Waals surface area contributed by atoms with Crippen LogP contribution in [0.2, 0.25) is 0 Å². The van der Waals surface area contributed by atoms with Gasteiger partial charge in [-0.25, -0.2) is 0 Å². The predicted octanol–water partition coefficient (Wildman–Crippen LogP) is 0.410. The highest BCUT2D eigenvalue weighted by molar-refractivity contribution is 5.91. The Kier molecular flexibility index (Phi) is 3.81. The van der Waals surface area contributed by atoms with Gasteiger partial charge in [-0.15, -0.1) is 0 Å². The van der Waals surface area contributed by atoms with Crippen molar-refractivity contribution >= 4 is 11.9 Å². The number of carbonyl (C=O) groups excluding carboxylic acids is 1. The number of likely N-dealkylation sites (N-methyl/N-ethyl adjacent to an activating group) is 1. The number of aliphatic carboxylic acids is 1. The van der Waals surface area contributed by atoms with Crippen molar-refractivity contribution < 1.29 is 14.7 Å². The number of carboxylic acid groups (broad SMARTS) is 1. The molecule has 1 aliphatic carbocycles. The Labute approximate surface area is 102 Å². The number of hydrogen-bond acceptors (Lipinski definition) is 3. The van der Waals surface area contributed by atoms with E-state index >= 15 is 0 Å². The SMILES string of the molecule is CC(CN(C)C)NC(=O)C1C(C(=O)O)C1(C)C. The molecule has 1 aliphatic rings. The van der Waals surface area contributed by atoms with Crippen LogP contribution in [0.5, 0.6) is 0 Å². The second-order valence-corrected chi connectivity index (χ2v) is 5.79. The van der Waals surface area contributed by atoms with Crippen molar-refractivity contribution in [1.82, 2.24) is 10.2 Å². The average Bonchev–Trinajstić information content (AvgIpc) is 2.66. The summed E-state index contributed by atoms with van der Waals surface area (Å²) in [6.07, 6.45) is 0. The van der Waals surface area contributed by atoms with E-state index < -0.39 is 23.2 Å². The summed E-state index contributed by atoms with van der Waals surface area (Å²) in [4.78, 5) is 24.9. The molecule has 3 unspecified atom stereocenters. The first-order valence-corrected chi connectivity index (χ1v) is 5.85. The van der Waals surface area contributed by atoms with Gasteiger partial charge in [0, 0.05) is 12.6 Å². The van der Waals surface area contributed by atoms with Crippen LogP contribution in [0.25, 0.3) is 0 Å². The van der Waals surface area contributed by atoms with Crippen molar-refractivity contribution in [1.29, 1.82) is 0 Å². The van der Waals surface area contributed by atoms with E-state index in [9.17, 15) is 9.59 Å². The van der Waals surface area contributed by atoms with E-state index in [0.29, 0.717) is 0 Å². The maximum Gasteiger partial charge on any atom is 0.307 e. The van der Waals surface area contributed by atoms with Crippen LogP contribution in [0.3, 0.4) is 0 Å². The number of nitrogens with zero attached hydrogens (tertiary/aromatic N) is 1. The molecule has 0 heterocycles. The molecule has 0 aromatic carbocycles. The number of carboxylic acids is 1. The second-order valence-electron chi connectivity index (χ2n) is 5.79. The van der Waals surface area contributed by atoms with Crippen LogP contribution in [0.15, 0.2) is 0 Å². The van der Waals surface area contributed by atoms with E-state index in [4.69, 9.17) is 5.11 Å². The third kappa shape index (κ3) is 2.97. The van der Waals surface area contributed by atoms with Gasteiger partial charge in [-0.1, -0.05) is 13.8 Å². The summed E-state index contributed by atoms with van der Waals surface area (Å²) in [5.41, 5.74) is -0.423. The van der Waals surface area contributed by atoms with E-state index in [1.54, 1.807) is 0 Å². The fraction of sp³-hybridized carbons (Fsp3) is 0.833. The molecule has 1 rings (SSSR count). The molecule has 0 aromatic rings. The first-order valence-electron chi connectivity index (χ1n) is 5.85. The molecule has 0 bridgehead atoms. The summed E-state index contributed by atoms with van der Waals surface area (Å²) in [5, 5.41) is 11.9. The fourth-order valence-electron chi connectivity index (χ4n) is 2.51. The molecule has 1 fully saturated rings. The third-order valence-electron chi connectivity index (χ3n) is 3.40. The van der Waals surface area contributed by atoms with E-state index in [1.807, 2.05) is 39.8 Å². The lowest BCUT2D eigenvalue weighted by Gasteiger charge is -2.18. The van der Waals surface area contributed by atoms with Crippen molar-refractivity contribution in [2.45, 2.75) is 26.8 Å². The molecule has 0 spiro atoms. The molecule has 0 radical (unpaired) electrons. The van der Waals surface area contributed by atoms with Gasteiger partial charge in [0.2, 0.25) is 5.91 Å². The van der Waals surface area contributed by atoms with Gasteiger partial charge in [-0.05, 0) is 26.4 Å². The highest BCUT2D eigenvalue weighted by Gasteiger charge is 2.65. The quantitative estimate of drug-likeness (QED) is 0.732. The molecule has 0 saturated heterocycles. The fourth-order valence-corrected chi connectivity index (χ4v) is 2.51. The smallest absolute Gasteiger partial charge is 0.307 e. The third-order valence-corrected chi connectivity index (χ3v) is 3.40. The molecule has 1 saturated carbocycles. The van der Waals surface area contributed by atoms with Crippen LogP contribution in [0.1, 0.15) is 20.8 Å². The molecule has 5 nitrogen and oxygen atoms in total. The number of carbonyl (C=O) groups is 2. The van der Waals surface area contributed by atoms with Crippen LogP contribution in [0.4, 0.5) is 0 Å². The van der Waals surface area contributed by atoms with E-state index in [1.165, 1.54) is 0 Å². The highest BCUT2D eigenvalue weighted by Crippen LogP contribution is 2.58. The van der Waals surface area contributed by atoms with Crippen LogP contribution in [-0.4, -0.2) is 48.6 Å². The maximum atomic E-state index is 11.9. The summed E-state index contributed by atoms with van der Waals surface area (Å²) in [6, 6.07) is 0.0309. The number of nitrogens with one attached hydrogen (secondary N) is 1. The van der Waals surface area contributed by atoms with Crippen molar-refractivity contribution in [2.24, 2.45) is 17.3 Å². The lowest BCUT2D eigenvalue weighted by atomic mass is 10.1. The first-order chi connectivity index (χ1) is 7.67. The van der Waals surface area contributed by atoms with E-state index in [-0.39, 0.29) is 11.9 Å². The second kappa shape index (κ2) is 4.64. The minimum Gasteiger partial charge on any atom is -0.481 e. The summed E-state index contributed by atoms with van der Waals surface area (Å²) in [7, 11) is 3.87. The van der Waals surface area contributed by atoms with Gasteiger partial charge in [-0.2, -0.15) is 0 Å². The summed E-state index contributed by atoms with van der Waals surface area (Å²) < 4.78 is 0. The zero-order chi connectivity index (χ0) is 13.4. The summed E-state index contributed by atoms with van der Waals surface area (Å²) >= 11 is 0. The Hall–Kier alpha value is -1.10. The largest absolute Gasteiger partial charge is 0.481 e. The Morgan fingerprint density at radius 2 is 1.88 bits per heavy atom. The summed E-state index contributed by atoms with van der Waals surface area (Å²) in [6.45, 7) is 6.32. The molecule has 5 heteroatoms. The molecular weight excluding hydrogens is 220 g/mol. The molecule has 0 aromatic heterocycles. The van der Waals surface area contributed by atoms with Crippen molar-refractivity contribution in [3.05, 3.63) is 0 Å². The van der Waals surface area contributed by atoms with Gasteiger partial charge >= 0.3 is 5.97 Å². The van der Waals surface area contributed by atoms with Gasteiger partial charge in [-0.3, -0.25) is 9.59 Å².